The Morgan fingerprint density at radius 3 is 1.52 bits per heavy atom. The zero-order chi connectivity index (χ0) is 30.3. The topological polar surface area (TPSA) is 175 Å². The van der Waals surface area contributed by atoms with Crippen molar-refractivity contribution in [3.63, 3.8) is 0 Å². The van der Waals surface area contributed by atoms with Crippen molar-refractivity contribution in [1.82, 2.24) is 39.6 Å². The van der Waals surface area contributed by atoms with Crippen molar-refractivity contribution in [3.05, 3.63) is 76.5 Å². The molecule has 0 fully saturated rings. The molecule has 2 aromatic carbocycles. The number of halogens is 8. The van der Waals surface area contributed by atoms with Crippen LogP contribution in [0, 0.1) is 10.1 Å². The zero-order valence-electron chi connectivity index (χ0n) is 19.6. The van der Waals surface area contributed by atoms with Crippen LogP contribution in [0.2, 0.25) is 10.0 Å². The first-order chi connectivity index (χ1) is 18.3. The van der Waals surface area contributed by atoms with E-state index in [-0.39, 0.29) is 17.4 Å². The molecule has 0 radical (unpaired) electrons. The third-order valence-electron chi connectivity index (χ3n) is 4.84. The second-order valence-corrected chi connectivity index (χ2v) is 8.33. The number of tetrazole rings is 2. The highest BCUT2D eigenvalue weighted by Crippen LogP contribution is 2.40. The van der Waals surface area contributed by atoms with E-state index < -0.39 is 61.2 Å². The Labute approximate surface area is 225 Å². The number of alkyl halides is 6. The van der Waals surface area contributed by atoms with Crippen LogP contribution in [0.3, 0.4) is 0 Å². The Bertz CT molecular complexity index is 1720. The van der Waals surface area contributed by atoms with Gasteiger partial charge in [-0.2, -0.15) is 45.1 Å². The van der Waals surface area contributed by atoms with Gasteiger partial charge >= 0.3 is 23.7 Å². The van der Waals surface area contributed by atoms with Gasteiger partial charge in [0.15, 0.2) is 0 Å². The number of benzene rings is 2. The van der Waals surface area contributed by atoms with Crippen LogP contribution in [0.1, 0.15) is 11.1 Å². The van der Waals surface area contributed by atoms with E-state index in [4.69, 9.17) is 28.9 Å². The molecule has 4 rings (SSSR count). The van der Waals surface area contributed by atoms with Crippen LogP contribution in [-0.2, 0) is 26.4 Å². The number of hydrogen-bond donors (Lipinski definition) is 1. The average molecular weight is 617 g/mol. The Balaban J connectivity index is 0.000000222. The summed E-state index contributed by atoms with van der Waals surface area (Å²) in [5, 5.41) is 22.6. The number of nitrogens with zero attached hydrogens (tertiary/aromatic N) is 9. The van der Waals surface area contributed by atoms with E-state index >= 15 is 0 Å². The molecule has 214 valence electrons. The largest absolute Gasteiger partial charge is 0.418 e. The van der Waals surface area contributed by atoms with Crippen LogP contribution in [-0.4, -0.2) is 44.5 Å². The highest BCUT2D eigenvalue weighted by Gasteiger charge is 2.37. The van der Waals surface area contributed by atoms with Crippen molar-refractivity contribution in [1.29, 1.82) is 0 Å². The molecular formula is C18H12Cl2F6N10O4. The molecule has 0 bridgehead atoms. The van der Waals surface area contributed by atoms with Gasteiger partial charge in [0.2, 0.25) is 0 Å². The molecule has 2 aromatic heterocycles. The normalized spacial score (nSPS) is 11.8. The summed E-state index contributed by atoms with van der Waals surface area (Å²) in [6, 6.07) is 2.81. The van der Waals surface area contributed by atoms with Crippen LogP contribution in [0.15, 0.2) is 33.9 Å². The third kappa shape index (κ3) is 5.91. The molecule has 0 aliphatic heterocycles. The molecule has 0 aliphatic rings. The highest BCUT2D eigenvalue weighted by molar-refractivity contribution is 6.33. The number of rotatable bonds is 3. The minimum Gasteiger partial charge on any atom is -0.399 e. The second-order valence-electron chi connectivity index (χ2n) is 7.57. The lowest BCUT2D eigenvalue weighted by molar-refractivity contribution is -0.385. The van der Waals surface area contributed by atoms with E-state index in [1.165, 1.54) is 14.1 Å². The molecule has 14 nitrogen and oxygen atoms in total. The van der Waals surface area contributed by atoms with E-state index in [0.29, 0.717) is 21.5 Å². The summed E-state index contributed by atoms with van der Waals surface area (Å²) in [5.41, 5.74) is -0.729. The fraction of sp³-hybridized carbons (Fsp3) is 0.222. The van der Waals surface area contributed by atoms with E-state index in [1.54, 1.807) is 0 Å². The van der Waals surface area contributed by atoms with Gasteiger partial charge in [-0.15, -0.1) is 0 Å². The predicted octanol–water partition coefficient (Wildman–Crippen LogP) is 2.77. The van der Waals surface area contributed by atoms with E-state index in [1.807, 2.05) is 0 Å². The molecule has 22 heteroatoms. The molecule has 0 aliphatic carbocycles. The minimum atomic E-state index is -4.93. The summed E-state index contributed by atoms with van der Waals surface area (Å²) in [5.74, 6) is 0. The van der Waals surface area contributed by atoms with E-state index in [9.17, 15) is 46.0 Å². The number of anilines is 1. The SMILES string of the molecule is Cn1nnn(-c2cc(N)cc(C(F)(F)F)c2Cl)c1=O.Cn1nnn(-c2cc([N+](=O)[O-])cc(C(F)(F)F)c2Cl)c1=O. The average Bonchev–Trinajstić information content (AvgIpc) is 3.34. The van der Waals surface area contributed by atoms with Crippen LogP contribution in [0.4, 0.5) is 37.7 Å². The van der Waals surface area contributed by atoms with Crippen molar-refractivity contribution in [3.8, 4) is 11.4 Å². The Kier molecular flexibility index (Phi) is 7.97. The molecule has 0 unspecified atom stereocenters. The number of nitrogen functional groups attached to an aromatic ring is 1. The van der Waals surface area contributed by atoms with Gasteiger partial charge < -0.3 is 5.73 Å². The van der Waals surface area contributed by atoms with Gasteiger partial charge in [0.1, 0.15) is 0 Å². The standard InChI is InChI=1S/C9H5ClF3N5O3.C9H7ClF3N5O/c1-16-8(19)17(15-14-16)6-3-4(18(20)21)2-5(7(6)10)9(11,12)13;1-17-8(19)18(16-15-17)6-3-4(14)2-5(7(6)10)9(11,12)13/h2-3H,1H3;2-3H,14H2,1H3. The molecule has 0 amide bonds. The molecule has 0 saturated heterocycles. The number of hydrogen-bond acceptors (Lipinski definition) is 9. The maximum atomic E-state index is 12.9. The fourth-order valence-electron chi connectivity index (χ4n) is 2.98. The van der Waals surface area contributed by atoms with Gasteiger partial charge in [-0.3, -0.25) is 10.1 Å². The Hall–Kier alpha value is -4.46. The summed E-state index contributed by atoms with van der Waals surface area (Å²) >= 11 is 11.3. The predicted molar refractivity (Wildman–Crippen MR) is 124 cm³/mol. The van der Waals surface area contributed by atoms with Crippen molar-refractivity contribution >= 4 is 34.6 Å². The highest BCUT2D eigenvalue weighted by atomic mass is 35.5. The lowest BCUT2D eigenvalue weighted by atomic mass is 10.1. The smallest absolute Gasteiger partial charge is 0.399 e. The molecular weight excluding hydrogens is 605 g/mol. The van der Waals surface area contributed by atoms with Gasteiger partial charge in [-0.25, -0.2) is 9.59 Å². The van der Waals surface area contributed by atoms with Crippen LogP contribution in [0.5, 0.6) is 0 Å². The monoisotopic (exact) mass is 616 g/mol. The Morgan fingerprint density at radius 1 is 0.775 bits per heavy atom. The van der Waals surface area contributed by atoms with Crippen LogP contribution >= 0.6 is 23.2 Å². The van der Waals surface area contributed by atoms with Crippen LogP contribution < -0.4 is 17.1 Å². The quantitative estimate of drug-likeness (QED) is 0.157. The summed E-state index contributed by atoms with van der Waals surface area (Å²) in [6.07, 6.45) is -9.61. The lowest BCUT2D eigenvalue weighted by Crippen LogP contribution is -2.23. The summed E-state index contributed by atoms with van der Waals surface area (Å²) in [6.45, 7) is 0. The van der Waals surface area contributed by atoms with Crippen molar-refractivity contribution < 1.29 is 31.3 Å². The second kappa shape index (κ2) is 10.6. The third-order valence-corrected chi connectivity index (χ3v) is 5.63. The van der Waals surface area contributed by atoms with Gasteiger partial charge in [-0.05, 0) is 33.0 Å². The molecule has 0 atom stereocenters. The van der Waals surface area contributed by atoms with Gasteiger partial charge in [-0.1, -0.05) is 23.2 Å². The molecule has 40 heavy (non-hydrogen) atoms. The molecule has 4 aromatic rings. The first-order valence-electron chi connectivity index (χ1n) is 10.0. The molecule has 2 heterocycles. The Morgan fingerprint density at radius 2 is 1.18 bits per heavy atom. The molecule has 2 N–H and O–H groups in total. The van der Waals surface area contributed by atoms with Crippen molar-refractivity contribution in [2.45, 2.75) is 12.4 Å². The maximum absolute atomic E-state index is 12.9. The minimum absolute atomic E-state index is 0.190. The first-order valence-corrected chi connectivity index (χ1v) is 10.8. The number of non-ortho nitro benzene ring substituents is 1. The maximum Gasteiger partial charge on any atom is 0.418 e. The summed E-state index contributed by atoms with van der Waals surface area (Å²) in [7, 11) is 2.51. The summed E-state index contributed by atoms with van der Waals surface area (Å²) < 4.78 is 79.5. The van der Waals surface area contributed by atoms with Gasteiger partial charge in [0.05, 0.1) is 37.5 Å². The van der Waals surface area contributed by atoms with Crippen molar-refractivity contribution in [2.75, 3.05) is 5.73 Å². The first kappa shape index (κ1) is 30.1. The number of nitro groups is 1. The number of aromatic nitrogens is 8. The van der Waals surface area contributed by atoms with E-state index in [0.717, 1.165) is 15.4 Å². The van der Waals surface area contributed by atoms with E-state index in [2.05, 4.69) is 20.9 Å². The van der Waals surface area contributed by atoms with Gasteiger partial charge in [0, 0.05) is 31.9 Å². The van der Waals surface area contributed by atoms with Gasteiger partial charge in [0.25, 0.3) is 5.69 Å². The van der Waals surface area contributed by atoms with Crippen LogP contribution in [0.25, 0.3) is 11.4 Å². The number of aryl methyl sites for hydroxylation is 2. The lowest BCUT2D eigenvalue weighted by Gasteiger charge is -2.12. The van der Waals surface area contributed by atoms with Crippen molar-refractivity contribution in [2.24, 2.45) is 14.1 Å². The molecule has 0 saturated carbocycles. The number of nitrogens with two attached hydrogens (primary N) is 1. The summed E-state index contributed by atoms with van der Waals surface area (Å²) in [4.78, 5) is 33.0. The fourth-order valence-corrected chi connectivity index (χ4v) is 3.57. The zero-order valence-corrected chi connectivity index (χ0v) is 21.1. The number of nitro benzene ring substituents is 1. The molecule has 0 spiro atoms.